The van der Waals surface area contributed by atoms with Crippen molar-refractivity contribution in [3.05, 3.63) is 42.0 Å². The van der Waals surface area contributed by atoms with Gasteiger partial charge < -0.3 is 15.5 Å². The van der Waals surface area contributed by atoms with Crippen molar-refractivity contribution >= 4 is 23.5 Å². The van der Waals surface area contributed by atoms with Crippen LogP contribution in [0.25, 0.3) is 0 Å². The molecule has 1 aromatic rings. The second-order valence-electron chi connectivity index (χ2n) is 5.71. The van der Waals surface area contributed by atoms with Gasteiger partial charge >= 0.3 is 11.9 Å². The van der Waals surface area contributed by atoms with Crippen LogP contribution in [-0.4, -0.2) is 28.1 Å². The number of rotatable bonds is 4. The molecule has 1 amide bonds. The molecule has 0 radical (unpaired) electrons. The van der Waals surface area contributed by atoms with Crippen LogP contribution in [0.15, 0.2) is 36.4 Å². The number of hydrogen-bond donors (Lipinski definition) is 3. The molecule has 2 bridgehead atoms. The van der Waals surface area contributed by atoms with E-state index in [1.165, 1.54) is 24.3 Å². The van der Waals surface area contributed by atoms with Crippen molar-refractivity contribution < 1.29 is 24.6 Å². The molecule has 2 aliphatic rings. The number of carboxylic acid groups (broad SMARTS) is 2. The van der Waals surface area contributed by atoms with Gasteiger partial charge in [-0.1, -0.05) is 12.2 Å². The number of carbonyl (C=O) groups excluding carboxylic acids is 1. The molecule has 0 spiro atoms. The first kappa shape index (κ1) is 14.3. The number of benzene rings is 1. The van der Waals surface area contributed by atoms with Gasteiger partial charge in [0.25, 0.3) is 0 Å². The van der Waals surface area contributed by atoms with Crippen molar-refractivity contribution in [2.24, 2.45) is 23.7 Å². The van der Waals surface area contributed by atoms with E-state index in [1.807, 2.05) is 12.2 Å². The third-order valence-electron chi connectivity index (χ3n) is 4.45. The second-order valence-corrected chi connectivity index (χ2v) is 5.71. The summed E-state index contributed by atoms with van der Waals surface area (Å²) in [6, 6.07) is 5.79. The zero-order valence-corrected chi connectivity index (χ0v) is 11.6. The maximum absolute atomic E-state index is 12.4. The Morgan fingerprint density at radius 2 is 1.55 bits per heavy atom. The number of carboxylic acids is 2. The number of aliphatic carboxylic acids is 1. The van der Waals surface area contributed by atoms with E-state index >= 15 is 0 Å². The first-order valence-electron chi connectivity index (χ1n) is 7.02. The molecule has 1 fully saturated rings. The Morgan fingerprint density at radius 1 is 0.955 bits per heavy atom. The number of hydrogen-bond acceptors (Lipinski definition) is 3. The third-order valence-corrected chi connectivity index (χ3v) is 4.45. The average Bonchev–Trinajstić information content (AvgIpc) is 3.08. The lowest BCUT2D eigenvalue weighted by atomic mass is 9.82. The van der Waals surface area contributed by atoms with Crippen molar-refractivity contribution in [3.63, 3.8) is 0 Å². The minimum atomic E-state index is -1.04. The molecule has 22 heavy (non-hydrogen) atoms. The van der Waals surface area contributed by atoms with Crippen LogP contribution >= 0.6 is 0 Å². The van der Waals surface area contributed by atoms with Crippen LogP contribution < -0.4 is 5.32 Å². The van der Waals surface area contributed by atoms with Crippen molar-refractivity contribution in [2.45, 2.75) is 6.42 Å². The van der Waals surface area contributed by atoms with Gasteiger partial charge in [0.15, 0.2) is 0 Å². The highest BCUT2D eigenvalue weighted by atomic mass is 16.4. The predicted molar refractivity (Wildman–Crippen MR) is 77.4 cm³/mol. The molecule has 1 saturated carbocycles. The van der Waals surface area contributed by atoms with Gasteiger partial charge in [-0.25, -0.2) is 4.79 Å². The summed E-state index contributed by atoms with van der Waals surface area (Å²) in [5.41, 5.74) is 0.593. The van der Waals surface area contributed by atoms with E-state index in [-0.39, 0.29) is 23.3 Å². The molecule has 0 saturated heterocycles. The number of carbonyl (C=O) groups is 3. The number of aromatic carboxylic acids is 1. The zero-order chi connectivity index (χ0) is 15.9. The number of anilines is 1. The lowest BCUT2D eigenvalue weighted by Crippen LogP contribution is -2.36. The molecule has 3 N–H and O–H groups in total. The van der Waals surface area contributed by atoms with Crippen molar-refractivity contribution in [1.29, 1.82) is 0 Å². The Kier molecular flexibility index (Phi) is 3.44. The molecule has 0 aliphatic heterocycles. The summed E-state index contributed by atoms with van der Waals surface area (Å²) in [4.78, 5) is 34.6. The second kappa shape index (κ2) is 5.29. The highest BCUT2D eigenvalue weighted by Gasteiger charge is 2.51. The Balaban J connectivity index is 1.75. The summed E-state index contributed by atoms with van der Waals surface area (Å²) in [7, 11) is 0. The predicted octanol–water partition coefficient (Wildman–Crippen LogP) is 1.85. The Hall–Kier alpha value is -2.63. The maximum Gasteiger partial charge on any atom is 0.335 e. The van der Waals surface area contributed by atoms with E-state index < -0.39 is 23.8 Å². The van der Waals surface area contributed by atoms with E-state index in [0.717, 1.165) is 0 Å². The molecule has 6 nitrogen and oxygen atoms in total. The van der Waals surface area contributed by atoms with E-state index in [1.54, 1.807) is 0 Å². The summed E-state index contributed by atoms with van der Waals surface area (Å²) < 4.78 is 0. The lowest BCUT2D eigenvalue weighted by Gasteiger charge is -2.23. The molecule has 3 rings (SSSR count). The SMILES string of the molecule is O=C(O)c1ccc(NC(=O)[C@H]2[C@@H](C(=O)O)[C@@H]3C=C[C@@H]2C3)cc1. The van der Waals surface area contributed by atoms with Crippen LogP contribution in [0, 0.1) is 23.7 Å². The Labute approximate surface area is 126 Å². The summed E-state index contributed by atoms with van der Waals surface area (Å²) in [5.74, 6) is -3.69. The molecular weight excluding hydrogens is 286 g/mol. The molecule has 6 heteroatoms. The van der Waals surface area contributed by atoms with Gasteiger partial charge in [0.05, 0.1) is 17.4 Å². The number of allylic oxidation sites excluding steroid dienone is 2. The van der Waals surface area contributed by atoms with Gasteiger partial charge in [0.1, 0.15) is 0 Å². The fourth-order valence-corrected chi connectivity index (χ4v) is 3.44. The highest BCUT2D eigenvalue weighted by molar-refractivity contribution is 5.97. The smallest absolute Gasteiger partial charge is 0.335 e. The zero-order valence-electron chi connectivity index (χ0n) is 11.6. The van der Waals surface area contributed by atoms with Crippen LogP contribution in [0.5, 0.6) is 0 Å². The standard InChI is InChI=1S/C16H15NO5/c18-14(17-11-5-3-8(4-6-11)15(19)20)12-9-1-2-10(7-9)13(12)16(21)22/h1-6,9-10,12-13H,7H2,(H,17,18)(H,19,20)(H,21,22)/t9-,10-,12-,13+/m1/s1. The van der Waals surface area contributed by atoms with Crippen LogP contribution in [0.3, 0.4) is 0 Å². The summed E-state index contributed by atoms with van der Waals surface area (Å²) in [6.07, 6.45) is 4.50. The van der Waals surface area contributed by atoms with E-state index in [9.17, 15) is 19.5 Å². The molecule has 2 aliphatic carbocycles. The average molecular weight is 301 g/mol. The topological polar surface area (TPSA) is 104 Å². The van der Waals surface area contributed by atoms with E-state index in [0.29, 0.717) is 12.1 Å². The summed E-state index contributed by atoms with van der Waals surface area (Å²) >= 11 is 0. The fourth-order valence-electron chi connectivity index (χ4n) is 3.44. The first-order valence-corrected chi connectivity index (χ1v) is 7.02. The normalized spacial score (nSPS) is 28.5. The van der Waals surface area contributed by atoms with E-state index in [4.69, 9.17) is 5.11 Å². The molecule has 114 valence electrons. The molecule has 0 heterocycles. The lowest BCUT2D eigenvalue weighted by molar-refractivity contribution is -0.146. The van der Waals surface area contributed by atoms with Crippen molar-refractivity contribution in [1.82, 2.24) is 0 Å². The third kappa shape index (κ3) is 2.36. The fraction of sp³-hybridized carbons (Fsp3) is 0.312. The van der Waals surface area contributed by atoms with Gasteiger partial charge in [0.2, 0.25) is 5.91 Å². The minimum absolute atomic E-state index is 0.0376. The van der Waals surface area contributed by atoms with Crippen LogP contribution in [0.1, 0.15) is 16.8 Å². The Morgan fingerprint density at radius 3 is 2.09 bits per heavy atom. The number of nitrogens with one attached hydrogen (secondary N) is 1. The van der Waals surface area contributed by atoms with Crippen LogP contribution in [0.4, 0.5) is 5.69 Å². The molecule has 4 atom stereocenters. The van der Waals surface area contributed by atoms with Crippen LogP contribution in [-0.2, 0) is 9.59 Å². The first-order chi connectivity index (χ1) is 10.5. The summed E-state index contributed by atoms with van der Waals surface area (Å²) in [5, 5.41) is 20.9. The minimum Gasteiger partial charge on any atom is -0.481 e. The highest BCUT2D eigenvalue weighted by Crippen LogP contribution is 2.48. The van der Waals surface area contributed by atoms with Gasteiger partial charge in [-0.3, -0.25) is 9.59 Å². The number of amides is 1. The Bertz CT molecular complexity index is 664. The maximum atomic E-state index is 12.4. The monoisotopic (exact) mass is 301 g/mol. The van der Waals surface area contributed by atoms with Crippen molar-refractivity contribution in [3.8, 4) is 0 Å². The molecule has 0 unspecified atom stereocenters. The van der Waals surface area contributed by atoms with Crippen LogP contribution in [0.2, 0.25) is 0 Å². The molecule has 1 aromatic carbocycles. The summed E-state index contributed by atoms with van der Waals surface area (Å²) in [6.45, 7) is 0. The largest absolute Gasteiger partial charge is 0.481 e. The van der Waals surface area contributed by atoms with Gasteiger partial charge in [-0.05, 0) is 42.5 Å². The number of fused-ring (bicyclic) bond motifs is 2. The molecule has 0 aromatic heterocycles. The van der Waals surface area contributed by atoms with Crippen molar-refractivity contribution in [2.75, 3.05) is 5.32 Å². The molecular formula is C16H15NO5. The van der Waals surface area contributed by atoms with Gasteiger partial charge in [-0.15, -0.1) is 0 Å². The van der Waals surface area contributed by atoms with Gasteiger partial charge in [-0.2, -0.15) is 0 Å². The van der Waals surface area contributed by atoms with E-state index in [2.05, 4.69) is 5.32 Å². The quantitative estimate of drug-likeness (QED) is 0.736. The van der Waals surface area contributed by atoms with Gasteiger partial charge in [0, 0.05) is 5.69 Å².